The number of furan rings is 1. The quantitative estimate of drug-likeness (QED) is 0.790. The predicted molar refractivity (Wildman–Crippen MR) is 55.6 cm³/mol. The van der Waals surface area contributed by atoms with Crippen LogP contribution in [0, 0.1) is 0 Å². The van der Waals surface area contributed by atoms with Crippen LogP contribution in [-0.4, -0.2) is 24.2 Å². The third-order valence-electron chi connectivity index (χ3n) is 2.12. The number of amides is 1. The molecule has 0 radical (unpaired) electrons. The Bertz CT molecular complexity index is 475. The lowest BCUT2D eigenvalue weighted by atomic mass is 10.1. The summed E-state index contributed by atoms with van der Waals surface area (Å²) in [6, 6.07) is 7.33. The summed E-state index contributed by atoms with van der Waals surface area (Å²) in [7, 11) is 0. The van der Waals surface area contributed by atoms with Gasteiger partial charge in [-0.05, 0) is 6.07 Å². The molecule has 4 nitrogen and oxygen atoms in total. The number of carbonyl (C=O) groups excluding carboxylic acids is 1. The Morgan fingerprint density at radius 2 is 2.20 bits per heavy atom. The first kappa shape index (κ1) is 9.73. The maximum atomic E-state index is 11.6. The van der Waals surface area contributed by atoms with E-state index in [0.29, 0.717) is 11.1 Å². The molecule has 0 unspecified atom stereocenters. The molecule has 1 aromatic carbocycles. The van der Waals surface area contributed by atoms with Crippen molar-refractivity contribution in [3.63, 3.8) is 0 Å². The van der Waals surface area contributed by atoms with Crippen LogP contribution in [0.3, 0.4) is 0 Å². The van der Waals surface area contributed by atoms with Gasteiger partial charge in [-0.2, -0.15) is 0 Å². The van der Waals surface area contributed by atoms with Gasteiger partial charge in [0.05, 0.1) is 12.2 Å². The number of carbonyl (C=O) groups is 1. The molecule has 0 bridgehead atoms. The number of nitrogens with one attached hydrogen (secondary N) is 1. The molecule has 2 rings (SSSR count). The molecule has 0 aliphatic carbocycles. The molecule has 2 aromatic rings. The van der Waals surface area contributed by atoms with Crippen molar-refractivity contribution in [2.24, 2.45) is 0 Å². The van der Waals surface area contributed by atoms with Crippen LogP contribution in [-0.2, 0) is 0 Å². The molecule has 15 heavy (non-hydrogen) atoms. The molecule has 2 N–H and O–H groups in total. The van der Waals surface area contributed by atoms with Crippen LogP contribution in [0.5, 0.6) is 0 Å². The second-order valence-electron chi connectivity index (χ2n) is 3.13. The lowest BCUT2D eigenvalue weighted by Crippen LogP contribution is -2.26. The van der Waals surface area contributed by atoms with Crippen LogP contribution >= 0.6 is 0 Å². The van der Waals surface area contributed by atoms with E-state index in [1.165, 1.54) is 6.26 Å². The van der Waals surface area contributed by atoms with E-state index < -0.39 is 0 Å². The fourth-order valence-corrected chi connectivity index (χ4v) is 1.42. The molecular formula is C11H11NO3. The van der Waals surface area contributed by atoms with Crippen molar-refractivity contribution >= 4 is 16.9 Å². The van der Waals surface area contributed by atoms with Crippen molar-refractivity contribution in [3.8, 4) is 0 Å². The minimum atomic E-state index is -0.228. The summed E-state index contributed by atoms with van der Waals surface area (Å²) >= 11 is 0. The second-order valence-corrected chi connectivity index (χ2v) is 3.13. The molecule has 0 saturated carbocycles. The number of para-hydroxylation sites is 1. The number of hydrogen-bond donors (Lipinski definition) is 2. The van der Waals surface area contributed by atoms with Crippen LogP contribution in [0.15, 0.2) is 34.9 Å². The third-order valence-corrected chi connectivity index (χ3v) is 2.12. The maximum Gasteiger partial charge on any atom is 0.255 e. The normalized spacial score (nSPS) is 10.5. The van der Waals surface area contributed by atoms with Gasteiger partial charge in [0, 0.05) is 11.9 Å². The zero-order chi connectivity index (χ0) is 10.7. The van der Waals surface area contributed by atoms with Crippen LogP contribution in [0.2, 0.25) is 0 Å². The second kappa shape index (κ2) is 4.14. The van der Waals surface area contributed by atoms with Crippen LogP contribution in [0.1, 0.15) is 10.4 Å². The van der Waals surface area contributed by atoms with E-state index in [1.54, 1.807) is 6.07 Å². The molecule has 0 fully saturated rings. The van der Waals surface area contributed by atoms with Crippen molar-refractivity contribution in [1.29, 1.82) is 0 Å². The predicted octanol–water partition coefficient (Wildman–Crippen LogP) is 1.15. The lowest BCUT2D eigenvalue weighted by molar-refractivity contribution is 0.0945. The van der Waals surface area contributed by atoms with Gasteiger partial charge < -0.3 is 14.8 Å². The smallest absolute Gasteiger partial charge is 0.255 e. The van der Waals surface area contributed by atoms with Gasteiger partial charge in [0.25, 0.3) is 5.91 Å². The number of rotatable bonds is 3. The lowest BCUT2D eigenvalue weighted by Gasteiger charge is -1.99. The SMILES string of the molecule is O=C(NCCO)c1coc2ccccc12. The van der Waals surface area contributed by atoms with E-state index in [9.17, 15) is 4.79 Å². The van der Waals surface area contributed by atoms with Crippen molar-refractivity contribution in [2.75, 3.05) is 13.2 Å². The van der Waals surface area contributed by atoms with E-state index in [2.05, 4.69) is 5.32 Å². The van der Waals surface area contributed by atoms with Gasteiger partial charge >= 0.3 is 0 Å². The van der Waals surface area contributed by atoms with Gasteiger partial charge in [-0.3, -0.25) is 4.79 Å². The molecule has 1 amide bonds. The Kier molecular flexibility index (Phi) is 2.69. The molecule has 1 aromatic heterocycles. The Morgan fingerprint density at radius 3 is 3.00 bits per heavy atom. The first-order valence-corrected chi connectivity index (χ1v) is 4.68. The summed E-state index contributed by atoms with van der Waals surface area (Å²) in [6.07, 6.45) is 1.43. The fraction of sp³-hybridized carbons (Fsp3) is 0.182. The highest BCUT2D eigenvalue weighted by molar-refractivity contribution is 6.05. The number of fused-ring (bicyclic) bond motifs is 1. The Balaban J connectivity index is 2.31. The van der Waals surface area contributed by atoms with Crippen LogP contribution < -0.4 is 5.32 Å². The number of aliphatic hydroxyl groups excluding tert-OH is 1. The van der Waals surface area contributed by atoms with Crippen molar-refractivity contribution in [1.82, 2.24) is 5.32 Å². The maximum absolute atomic E-state index is 11.6. The number of aliphatic hydroxyl groups is 1. The van der Waals surface area contributed by atoms with E-state index in [1.807, 2.05) is 18.2 Å². The van der Waals surface area contributed by atoms with Gasteiger partial charge in [-0.25, -0.2) is 0 Å². The number of benzene rings is 1. The first-order chi connectivity index (χ1) is 7.33. The van der Waals surface area contributed by atoms with Gasteiger partial charge in [0.2, 0.25) is 0 Å². The summed E-state index contributed by atoms with van der Waals surface area (Å²) in [5.74, 6) is -0.228. The van der Waals surface area contributed by atoms with Gasteiger partial charge in [0.1, 0.15) is 11.8 Å². The van der Waals surface area contributed by atoms with E-state index >= 15 is 0 Å². The van der Waals surface area contributed by atoms with Crippen molar-refractivity contribution < 1.29 is 14.3 Å². The number of hydrogen-bond acceptors (Lipinski definition) is 3. The zero-order valence-electron chi connectivity index (χ0n) is 8.06. The minimum Gasteiger partial charge on any atom is -0.463 e. The third kappa shape index (κ3) is 1.85. The Morgan fingerprint density at radius 1 is 1.40 bits per heavy atom. The molecule has 0 saturated heterocycles. The van der Waals surface area contributed by atoms with E-state index in [0.717, 1.165) is 5.39 Å². The van der Waals surface area contributed by atoms with Gasteiger partial charge in [0.15, 0.2) is 0 Å². The highest BCUT2D eigenvalue weighted by Gasteiger charge is 2.11. The average molecular weight is 205 g/mol. The molecule has 0 spiro atoms. The van der Waals surface area contributed by atoms with Gasteiger partial charge in [-0.1, -0.05) is 18.2 Å². The Labute approximate surface area is 86.5 Å². The van der Waals surface area contributed by atoms with E-state index in [-0.39, 0.29) is 19.1 Å². The summed E-state index contributed by atoms with van der Waals surface area (Å²) in [5, 5.41) is 12.0. The van der Waals surface area contributed by atoms with Crippen molar-refractivity contribution in [3.05, 3.63) is 36.1 Å². The highest BCUT2D eigenvalue weighted by Crippen LogP contribution is 2.20. The monoisotopic (exact) mass is 205 g/mol. The minimum absolute atomic E-state index is 0.0679. The molecule has 1 heterocycles. The van der Waals surface area contributed by atoms with Crippen molar-refractivity contribution in [2.45, 2.75) is 0 Å². The molecule has 4 heteroatoms. The fourth-order valence-electron chi connectivity index (χ4n) is 1.42. The first-order valence-electron chi connectivity index (χ1n) is 4.68. The Hall–Kier alpha value is -1.81. The van der Waals surface area contributed by atoms with Crippen LogP contribution in [0.4, 0.5) is 0 Å². The zero-order valence-corrected chi connectivity index (χ0v) is 8.06. The largest absolute Gasteiger partial charge is 0.463 e. The molecule has 0 aliphatic heterocycles. The summed E-state index contributed by atoms with van der Waals surface area (Å²) < 4.78 is 5.23. The summed E-state index contributed by atoms with van der Waals surface area (Å²) in [6.45, 7) is 0.180. The van der Waals surface area contributed by atoms with Gasteiger partial charge in [-0.15, -0.1) is 0 Å². The topological polar surface area (TPSA) is 62.5 Å². The average Bonchev–Trinajstić information content (AvgIpc) is 2.69. The molecular weight excluding hydrogens is 194 g/mol. The molecule has 0 atom stereocenters. The summed E-state index contributed by atoms with van der Waals surface area (Å²) in [5.41, 5.74) is 1.19. The highest BCUT2D eigenvalue weighted by atomic mass is 16.3. The van der Waals surface area contributed by atoms with E-state index in [4.69, 9.17) is 9.52 Å². The van der Waals surface area contributed by atoms with Crippen LogP contribution in [0.25, 0.3) is 11.0 Å². The summed E-state index contributed by atoms with van der Waals surface area (Å²) in [4.78, 5) is 11.6. The molecule has 0 aliphatic rings. The standard InChI is InChI=1S/C11H11NO3/c13-6-5-12-11(14)9-7-15-10-4-2-1-3-8(9)10/h1-4,7,13H,5-6H2,(H,12,14). The molecule has 78 valence electrons.